The molecule has 1 aromatic heterocycles. The van der Waals surface area contributed by atoms with Crippen molar-refractivity contribution in [1.82, 2.24) is 4.98 Å². The summed E-state index contributed by atoms with van der Waals surface area (Å²) in [6.07, 6.45) is 0.0577. The number of hydrogen-bond donors (Lipinski definition) is 0. The van der Waals surface area contributed by atoms with E-state index in [1.54, 1.807) is 0 Å². The van der Waals surface area contributed by atoms with E-state index in [2.05, 4.69) is 0 Å². The molecule has 0 aliphatic carbocycles. The van der Waals surface area contributed by atoms with E-state index < -0.39 is 11.9 Å². The summed E-state index contributed by atoms with van der Waals surface area (Å²) in [4.78, 5) is 28.7. The molecule has 4 heteroatoms. The second-order valence-corrected chi connectivity index (χ2v) is 5.64. The van der Waals surface area contributed by atoms with Crippen LogP contribution in [0.1, 0.15) is 21.5 Å². The third-order valence-electron chi connectivity index (χ3n) is 4.05. The Morgan fingerprint density at radius 3 is 2.52 bits per heavy atom. The van der Waals surface area contributed by atoms with Crippen LogP contribution in [0.5, 0.6) is 0 Å². The number of rotatable bonds is 1. The molecule has 0 atom stereocenters. The van der Waals surface area contributed by atoms with E-state index in [0.29, 0.717) is 22.3 Å². The predicted octanol–water partition coefficient (Wildman–Crippen LogP) is 3.45. The van der Waals surface area contributed by atoms with Gasteiger partial charge in [-0.2, -0.15) is 0 Å². The molecule has 1 aliphatic heterocycles. The molecule has 3 aromatic rings. The Bertz CT molecular complexity index is 958. The lowest BCUT2D eigenvalue weighted by molar-refractivity contribution is -0.137. The summed E-state index contributed by atoms with van der Waals surface area (Å²) in [6.45, 7) is 2.01. The van der Waals surface area contributed by atoms with E-state index in [1.165, 1.54) is 0 Å². The highest BCUT2D eigenvalue weighted by atomic mass is 16.6. The lowest BCUT2D eigenvalue weighted by Crippen LogP contribution is -2.24. The van der Waals surface area contributed by atoms with Crippen LogP contribution in [0.4, 0.5) is 0 Å². The van der Waals surface area contributed by atoms with Gasteiger partial charge in [0, 0.05) is 16.5 Å². The van der Waals surface area contributed by atoms with Gasteiger partial charge in [0.05, 0.1) is 23.2 Å². The largest absolute Gasteiger partial charge is 0.389 e. The number of pyridine rings is 1. The molecule has 1 aliphatic rings. The van der Waals surface area contributed by atoms with E-state index in [-0.39, 0.29) is 6.42 Å². The topological polar surface area (TPSA) is 56.3 Å². The van der Waals surface area contributed by atoms with E-state index in [9.17, 15) is 9.59 Å². The SMILES string of the molecule is Cc1ccc(-c2nc3ccccc3c3c2CC(=O)OC3=O)cc1. The summed E-state index contributed by atoms with van der Waals surface area (Å²) in [5.74, 6) is -1.13. The summed E-state index contributed by atoms with van der Waals surface area (Å²) in [5.41, 5.74) is 4.51. The Kier molecular flexibility index (Phi) is 2.98. The molecule has 0 amide bonds. The Hall–Kier alpha value is -3.01. The number of aromatic nitrogens is 1. The Balaban J connectivity index is 2.08. The second-order valence-electron chi connectivity index (χ2n) is 5.64. The average molecular weight is 303 g/mol. The monoisotopic (exact) mass is 303 g/mol. The van der Waals surface area contributed by atoms with Crippen LogP contribution in [-0.4, -0.2) is 16.9 Å². The van der Waals surface area contributed by atoms with Crippen molar-refractivity contribution >= 4 is 22.8 Å². The van der Waals surface area contributed by atoms with Crippen molar-refractivity contribution in [3.63, 3.8) is 0 Å². The molecule has 0 unspecified atom stereocenters. The first kappa shape index (κ1) is 13.6. The molecule has 0 N–H and O–H groups in total. The van der Waals surface area contributed by atoms with Crippen LogP contribution in [0, 0.1) is 6.92 Å². The first-order valence-corrected chi connectivity index (χ1v) is 7.37. The number of para-hydroxylation sites is 1. The van der Waals surface area contributed by atoms with Gasteiger partial charge in [-0.25, -0.2) is 9.78 Å². The van der Waals surface area contributed by atoms with Crippen LogP contribution >= 0.6 is 0 Å². The maximum absolute atomic E-state index is 12.3. The smallest absolute Gasteiger partial charge is 0.346 e. The van der Waals surface area contributed by atoms with E-state index in [1.807, 2.05) is 55.5 Å². The lowest BCUT2D eigenvalue weighted by atomic mass is 9.93. The van der Waals surface area contributed by atoms with E-state index in [4.69, 9.17) is 9.72 Å². The van der Waals surface area contributed by atoms with Crippen molar-refractivity contribution in [1.29, 1.82) is 0 Å². The normalized spacial score (nSPS) is 13.8. The second kappa shape index (κ2) is 5.02. The van der Waals surface area contributed by atoms with Crippen LogP contribution in [-0.2, 0) is 16.0 Å². The maximum atomic E-state index is 12.3. The molecule has 2 heterocycles. The van der Waals surface area contributed by atoms with E-state index >= 15 is 0 Å². The fraction of sp³-hybridized carbons (Fsp3) is 0.105. The van der Waals surface area contributed by atoms with E-state index in [0.717, 1.165) is 16.5 Å². The van der Waals surface area contributed by atoms with Crippen LogP contribution in [0.2, 0.25) is 0 Å². The van der Waals surface area contributed by atoms with Crippen LogP contribution in [0.15, 0.2) is 48.5 Å². The van der Waals surface area contributed by atoms with Gasteiger partial charge in [0.2, 0.25) is 0 Å². The molecule has 2 aromatic carbocycles. The fourth-order valence-electron chi connectivity index (χ4n) is 2.94. The number of benzene rings is 2. The first-order chi connectivity index (χ1) is 11.1. The predicted molar refractivity (Wildman–Crippen MR) is 86.0 cm³/mol. The number of carbonyl (C=O) groups is 2. The molecule has 0 saturated heterocycles. The number of nitrogens with zero attached hydrogens (tertiary/aromatic N) is 1. The molecule has 0 fully saturated rings. The molecule has 0 spiro atoms. The zero-order valence-electron chi connectivity index (χ0n) is 12.5. The maximum Gasteiger partial charge on any atom is 0.346 e. The third-order valence-corrected chi connectivity index (χ3v) is 4.05. The fourth-order valence-corrected chi connectivity index (χ4v) is 2.94. The number of carbonyl (C=O) groups excluding carboxylic acids is 2. The van der Waals surface area contributed by atoms with Gasteiger partial charge in [0.25, 0.3) is 0 Å². The first-order valence-electron chi connectivity index (χ1n) is 7.37. The Morgan fingerprint density at radius 2 is 1.74 bits per heavy atom. The molecule has 112 valence electrons. The quantitative estimate of drug-likeness (QED) is 0.510. The van der Waals surface area contributed by atoms with Crippen molar-refractivity contribution in [3.05, 3.63) is 65.2 Å². The zero-order chi connectivity index (χ0) is 16.0. The van der Waals surface area contributed by atoms with Gasteiger partial charge in [0.15, 0.2) is 0 Å². The molecule has 0 saturated carbocycles. The molecule has 23 heavy (non-hydrogen) atoms. The van der Waals surface area contributed by atoms with Gasteiger partial charge in [-0.3, -0.25) is 4.79 Å². The highest BCUT2D eigenvalue weighted by Crippen LogP contribution is 2.33. The van der Waals surface area contributed by atoms with Gasteiger partial charge in [-0.05, 0) is 13.0 Å². The van der Waals surface area contributed by atoms with Gasteiger partial charge < -0.3 is 4.74 Å². The number of esters is 2. The number of fused-ring (bicyclic) bond motifs is 3. The molecule has 0 bridgehead atoms. The van der Waals surface area contributed by atoms with Crippen LogP contribution in [0.25, 0.3) is 22.2 Å². The highest BCUT2D eigenvalue weighted by Gasteiger charge is 2.30. The minimum absolute atomic E-state index is 0.0577. The van der Waals surface area contributed by atoms with Gasteiger partial charge in [0.1, 0.15) is 0 Å². The summed E-state index contributed by atoms with van der Waals surface area (Å²) < 4.78 is 4.83. The number of cyclic esters (lactones) is 2. The summed E-state index contributed by atoms with van der Waals surface area (Å²) >= 11 is 0. The molecule has 4 nitrogen and oxygen atoms in total. The Labute approximate surface area is 132 Å². The minimum Gasteiger partial charge on any atom is -0.389 e. The number of aryl methyl sites for hydroxylation is 1. The van der Waals surface area contributed by atoms with Gasteiger partial charge in [-0.15, -0.1) is 0 Å². The zero-order valence-corrected chi connectivity index (χ0v) is 12.5. The molecule has 4 rings (SSSR count). The van der Waals surface area contributed by atoms with Gasteiger partial charge in [-0.1, -0.05) is 48.0 Å². The van der Waals surface area contributed by atoms with Crippen molar-refractivity contribution in [2.75, 3.05) is 0 Å². The van der Waals surface area contributed by atoms with Crippen LogP contribution < -0.4 is 0 Å². The lowest BCUT2D eigenvalue weighted by Gasteiger charge is -2.19. The Morgan fingerprint density at radius 1 is 1.00 bits per heavy atom. The van der Waals surface area contributed by atoms with Crippen LogP contribution in [0.3, 0.4) is 0 Å². The number of hydrogen-bond acceptors (Lipinski definition) is 4. The third kappa shape index (κ3) is 2.19. The standard InChI is InChI=1S/C19H13NO3/c1-11-6-8-12(9-7-11)18-14-10-16(21)23-19(22)17(14)13-4-2-3-5-15(13)20-18/h2-9H,10H2,1H3. The summed E-state index contributed by atoms with van der Waals surface area (Å²) in [5, 5.41) is 0.718. The molecule has 0 radical (unpaired) electrons. The minimum atomic E-state index is -0.594. The number of ether oxygens (including phenoxy) is 1. The highest BCUT2D eigenvalue weighted by molar-refractivity contribution is 6.12. The molecular formula is C19H13NO3. The van der Waals surface area contributed by atoms with Gasteiger partial charge >= 0.3 is 11.9 Å². The summed E-state index contributed by atoms with van der Waals surface area (Å²) in [6, 6.07) is 15.3. The molecular weight excluding hydrogens is 290 g/mol. The van der Waals surface area contributed by atoms with Crippen molar-refractivity contribution in [2.24, 2.45) is 0 Å². The summed E-state index contributed by atoms with van der Waals surface area (Å²) in [7, 11) is 0. The average Bonchev–Trinajstić information content (AvgIpc) is 2.54. The van der Waals surface area contributed by atoms with Crippen molar-refractivity contribution in [3.8, 4) is 11.3 Å². The van der Waals surface area contributed by atoms with Crippen molar-refractivity contribution < 1.29 is 14.3 Å². The van der Waals surface area contributed by atoms with Crippen molar-refractivity contribution in [2.45, 2.75) is 13.3 Å².